The van der Waals surface area contributed by atoms with Gasteiger partial charge < -0.3 is 14.6 Å². The Morgan fingerprint density at radius 3 is 2.88 bits per heavy atom. The van der Waals surface area contributed by atoms with Crippen molar-refractivity contribution in [2.75, 3.05) is 6.54 Å². The SMILES string of the molecule is Cc1cc(C2CCCCN2C(=O)OCc2ccccc2)c[nH]c1=S. The first-order valence-corrected chi connectivity index (χ1v) is 8.72. The zero-order chi connectivity index (χ0) is 16.9. The zero-order valence-corrected chi connectivity index (χ0v) is 14.6. The van der Waals surface area contributed by atoms with E-state index < -0.39 is 0 Å². The predicted octanol–water partition coefficient (Wildman–Crippen LogP) is 4.92. The lowest BCUT2D eigenvalue weighted by atomic mass is 9.96. The Hall–Kier alpha value is -2.14. The number of aryl methyl sites for hydroxylation is 1. The van der Waals surface area contributed by atoms with Gasteiger partial charge in [-0.1, -0.05) is 42.5 Å². The minimum absolute atomic E-state index is 0.0487. The second-order valence-electron chi connectivity index (χ2n) is 6.19. The van der Waals surface area contributed by atoms with Gasteiger partial charge in [-0.05, 0) is 48.9 Å². The Kier molecular flexibility index (Phi) is 5.30. The standard InChI is InChI=1S/C19H22N2O2S/c1-14-11-16(12-20-18(14)24)17-9-5-6-10-21(17)19(22)23-13-15-7-3-2-4-8-15/h2-4,7-8,11-12,17H,5-6,9-10,13H2,1H3,(H,20,24). The molecule has 3 rings (SSSR count). The number of hydrogen-bond acceptors (Lipinski definition) is 3. The number of hydrogen-bond donors (Lipinski definition) is 1. The van der Waals surface area contributed by atoms with Gasteiger partial charge in [-0.3, -0.25) is 0 Å². The number of rotatable bonds is 3. The third kappa shape index (κ3) is 3.85. The summed E-state index contributed by atoms with van der Waals surface area (Å²) in [5, 5.41) is 0. The predicted molar refractivity (Wildman–Crippen MR) is 96.3 cm³/mol. The smallest absolute Gasteiger partial charge is 0.410 e. The van der Waals surface area contributed by atoms with E-state index in [9.17, 15) is 4.79 Å². The van der Waals surface area contributed by atoms with Crippen molar-refractivity contribution in [1.29, 1.82) is 0 Å². The van der Waals surface area contributed by atoms with Gasteiger partial charge in [0.15, 0.2) is 0 Å². The van der Waals surface area contributed by atoms with E-state index in [4.69, 9.17) is 17.0 Å². The fourth-order valence-electron chi connectivity index (χ4n) is 3.11. The Morgan fingerprint density at radius 2 is 2.12 bits per heavy atom. The Bertz CT molecular complexity index is 757. The maximum Gasteiger partial charge on any atom is 0.410 e. The molecule has 1 atom stereocenters. The van der Waals surface area contributed by atoms with E-state index in [0.717, 1.165) is 47.1 Å². The van der Waals surface area contributed by atoms with E-state index in [1.165, 1.54) is 0 Å². The number of pyridine rings is 1. The Labute approximate surface area is 147 Å². The molecule has 1 aromatic heterocycles. The Morgan fingerprint density at radius 1 is 1.33 bits per heavy atom. The number of likely N-dealkylation sites (tertiary alicyclic amines) is 1. The number of amides is 1. The van der Waals surface area contributed by atoms with Crippen LogP contribution in [0.3, 0.4) is 0 Å². The van der Waals surface area contributed by atoms with Crippen LogP contribution < -0.4 is 0 Å². The molecule has 1 aliphatic heterocycles. The van der Waals surface area contributed by atoms with Gasteiger partial charge in [-0.2, -0.15) is 0 Å². The second-order valence-corrected chi connectivity index (χ2v) is 6.60. The maximum absolute atomic E-state index is 12.6. The summed E-state index contributed by atoms with van der Waals surface area (Å²) in [5.74, 6) is 0. The van der Waals surface area contributed by atoms with E-state index in [0.29, 0.717) is 6.61 Å². The van der Waals surface area contributed by atoms with Crippen LogP contribution in [0, 0.1) is 11.6 Å². The van der Waals surface area contributed by atoms with Crippen molar-refractivity contribution in [3.63, 3.8) is 0 Å². The quantitative estimate of drug-likeness (QED) is 0.806. The zero-order valence-electron chi connectivity index (χ0n) is 13.8. The van der Waals surface area contributed by atoms with Crippen LogP contribution in [0.2, 0.25) is 0 Å². The minimum Gasteiger partial charge on any atom is -0.445 e. The van der Waals surface area contributed by atoms with Crippen LogP contribution in [0.5, 0.6) is 0 Å². The summed E-state index contributed by atoms with van der Waals surface area (Å²) in [4.78, 5) is 17.5. The summed E-state index contributed by atoms with van der Waals surface area (Å²) in [6.45, 7) is 3.02. The number of aromatic amines is 1. The average molecular weight is 342 g/mol. The molecule has 1 N–H and O–H groups in total. The molecular weight excluding hydrogens is 320 g/mol. The van der Waals surface area contributed by atoms with Gasteiger partial charge in [-0.25, -0.2) is 4.79 Å². The van der Waals surface area contributed by atoms with Crippen molar-refractivity contribution in [2.45, 2.75) is 38.8 Å². The highest BCUT2D eigenvalue weighted by Crippen LogP contribution is 2.31. The summed E-state index contributed by atoms with van der Waals surface area (Å²) >= 11 is 5.23. The lowest BCUT2D eigenvalue weighted by Crippen LogP contribution is -2.38. The fourth-order valence-corrected chi connectivity index (χ4v) is 3.23. The summed E-state index contributed by atoms with van der Waals surface area (Å²) in [6, 6.07) is 11.9. The molecule has 4 nitrogen and oxygen atoms in total. The molecule has 126 valence electrons. The van der Waals surface area contributed by atoms with Crippen LogP contribution >= 0.6 is 12.2 Å². The molecular formula is C19H22N2O2S. The first-order chi connectivity index (χ1) is 11.6. The number of benzene rings is 1. The van der Waals surface area contributed by atoms with Crippen molar-refractivity contribution in [3.05, 3.63) is 63.9 Å². The lowest BCUT2D eigenvalue weighted by molar-refractivity contribution is 0.0678. The molecule has 0 radical (unpaired) electrons. The average Bonchev–Trinajstić information content (AvgIpc) is 2.63. The van der Waals surface area contributed by atoms with Gasteiger partial charge in [0.2, 0.25) is 0 Å². The van der Waals surface area contributed by atoms with Gasteiger partial charge in [0.25, 0.3) is 0 Å². The number of ether oxygens (including phenoxy) is 1. The van der Waals surface area contributed by atoms with Crippen molar-refractivity contribution >= 4 is 18.3 Å². The Balaban J connectivity index is 1.72. The summed E-state index contributed by atoms with van der Waals surface area (Å²) < 4.78 is 6.27. The van der Waals surface area contributed by atoms with Gasteiger partial charge in [0.05, 0.1) is 6.04 Å². The maximum atomic E-state index is 12.6. The van der Waals surface area contributed by atoms with Gasteiger partial charge in [0.1, 0.15) is 11.2 Å². The molecule has 1 amide bonds. The number of piperidine rings is 1. The normalized spacial score (nSPS) is 17.5. The molecule has 2 aromatic rings. The highest BCUT2D eigenvalue weighted by molar-refractivity contribution is 7.71. The first-order valence-electron chi connectivity index (χ1n) is 8.31. The van der Waals surface area contributed by atoms with Gasteiger partial charge >= 0.3 is 6.09 Å². The third-order valence-corrected chi connectivity index (χ3v) is 4.88. The molecule has 24 heavy (non-hydrogen) atoms. The lowest BCUT2D eigenvalue weighted by Gasteiger charge is -2.35. The van der Waals surface area contributed by atoms with E-state index in [2.05, 4.69) is 11.1 Å². The molecule has 5 heteroatoms. The van der Waals surface area contributed by atoms with E-state index in [-0.39, 0.29) is 12.1 Å². The summed E-state index contributed by atoms with van der Waals surface area (Å²) in [5.41, 5.74) is 3.13. The van der Waals surface area contributed by atoms with Crippen molar-refractivity contribution in [2.24, 2.45) is 0 Å². The molecule has 0 saturated carbocycles. The van der Waals surface area contributed by atoms with Crippen molar-refractivity contribution in [1.82, 2.24) is 9.88 Å². The number of aromatic nitrogens is 1. The first kappa shape index (κ1) is 16.7. The molecule has 0 aliphatic carbocycles. The monoisotopic (exact) mass is 342 g/mol. The molecule has 0 bridgehead atoms. The van der Waals surface area contributed by atoms with Gasteiger partial charge in [0, 0.05) is 12.7 Å². The van der Waals surface area contributed by atoms with E-state index in [1.54, 1.807) is 0 Å². The molecule has 1 aromatic carbocycles. The summed E-state index contributed by atoms with van der Waals surface area (Å²) in [7, 11) is 0. The van der Waals surface area contributed by atoms with Crippen LogP contribution in [0.1, 0.15) is 42.0 Å². The number of H-pyrrole nitrogens is 1. The third-order valence-electron chi connectivity index (χ3n) is 4.44. The molecule has 0 spiro atoms. The van der Waals surface area contributed by atoms with E-state index in [1.807, 2.05) is 48.4 Å². The van der Waals surface area contributed by atoms with Crippen molar-refractivity contribution < 1.29 is 9.53 Å². The van der Waals surface area contributed by atoms with Crippen molar-refractivity contribution in [3.8, 4) is 0 Å². The van der Waals surface area contributed by atoms with Crippen LogP contribution in [0.25, 0.3) is 0 Å². The summed E-state index contributed by atoms with van der Waals surface area (Å²) in [6.07, 6.45) is 4.75. The molecule has 1 aliphatic rings. The molecule has 2 heterocycles. The topological polar surface area (TPSA) is 45.3 Å². The van der Waals surface area contributed by atoms with E-state index >= 15 is 0 Å². The number of nitrogens with one attached hydrogen (secondary N) is 1. The second kappa shape index (κ2) is 7.62. The molecule has 1 unspecified atom stereocenters. The van der Waals surface area contributed by atoms with Crippen LogP contribution in [0.4, 0.5) is 4.79 Å². The van der Waals surface area contributed by atoms with Crippen LogP contribution in [-0.2, 0) is 11.3 Å². The molecule has 1 fully saturated rings. The fraction of sp³-hybridized carbons (Fsp3) is 0.368. The highest BCUT2D eigenvalue weighted by Gasteiger charge is 2.29. The number of carbonyl (C=O) groups is 1. The number of carbonyl (C=O) groups excluding carboxylic acids is 1. The van der Waals surface area contributed by atoms with Crippen LogP contribution in [-0.4, -0.2) is 22.5 Å². The van der Waals surface area contributed by atoms with Crippen LogP contribution in [0.15, 0.2) is 42.6 Å². The molecule has 1 saturated heterocycles. The largest absolute Gasteiger partial charge is 0.445 e. The van der Waals surface area contributed by atoms with Gasteiger partial charge in [-0.15, -0.1) is 0 Å². The highest BCUT2D eigenvalue weighted by atomic mass is 32.1. The number of nitrogens with zero attached hydrogens (tertiary/aromatic N) is 1. The minimum atomic E-state index is -0.247.